The van der Waals surface area contributed by atoms with Crippen molar-refractivity contribution in [1.82, 2.24) is 9.13 Å². The summed E-state index contributed by atoms with van der Waals surface area (Å²) in [6.45, 7) is 4.23. The minimum atomic E-state index is -0.284. The van der Waals surface area contributed by atoms with E-state index in [1.807, 2.05) is 34.9 Å². The SMILES string of the molecule is COc1ccccc1[C@H]1C2=C(N=c3s/c(=C\c4cc(C)n(-c5ccc(-c6ccccc6)cc5)c4C)c(=O)n31)c1ccccc1CC2. The summed E-state index contributed by atoms with van der Waals surface area (Å²) in [6.07, 6.45) is 3.79. The van der Waals surface area contributed by atoms with Crippen molar-refractivity contribution in [1.29, 1.82) is 0 Å². The molecule has 0 unspecified atom stereocenters. The molecule has 1 aliphatic heterocycles. The average molecular weight is 620 g/mol. The Labute approximate surface area is 271 Å². The number of methoxy groups -OCH3 is 1. The molecule has 0 amide bonds. The van der Waals surface area contributed by atoms with Crippen molar-refractivity contribution in [3.05, 3.63) is 168 Å². The summed E-state index contributed by atoms with van der Waals surface area (Å²) in [4.78, 5) is 20.3. The number of fused-ring (bicyclic) bond motifs is 3. The summed E-state index contributed by atoms with van der Waals surface area (Å²) in [5, 5.41) is 0. The molecule has 0 saturated heterocycles. The topological polar surface area (TPSA) is 48.5 Å². The minimum absolute atomic E-state index is 0.0259. The maximum Gasteiger partial charge on any atom is 0.271 e. The zero-order valence-corrected chi connectivity index (χ0v) is 26.8. The lowest BCUT2D eigenvalue weighted by atomic mass is 9.83. The minimum Gasteiger partial charge on any atom is -0.496 e. The Morgan fingerprint density at radius 1 is 0.848 bits per heavy atom. The zero-order chi connectivity index (χ0) is 31.4. The van der Waals surface area contributed by atoms with Gasteiger partial charge in [0, 0.05) is 28.2 Å². The van der Waals surface area contributed by atoms with Gasteiger partial charge in [-0.15, -0.1) is 0 Å². The number of thiazole rings is 1. The third-order valence-corrected chi connectivity index (χ3v) is 10.3. The molecule has 1 aliphatic carbocycles. The normalized spacial score (nSPS) is 15.6. The zero-order valence-electron chi connectivity index (χ0n) is 26.0. The Hall–Kier alpha value is -5.20. The third-order valence-electron chi connectivity index (χ3n) is 9.30. The van der Waals surface area contributed by atoms with Gasteiger partial charge in [0.1, 0.15) is 5.75 Å². The van der Waals surface area contributed by atoms with E-state index in [-0.39, 0.29) is 11.6 Å². The van der Waals surface area contributed by atoms with Gasteiger partial charge in [-0.25, -0.2) is 4.99 Å². The lowest BCUT2D eigenvalue weighted by Crippen LogP contribution is -2.39. The molecule has 0 fully saturated rings. The van der Waals surface area contributed by atoms with E-state index in [0.29, 0.717) is 9.33 Å². The van der Waals surface area contributed by atoms with E-state index < -0.39 is 0 Å². The molecule has 5 nitrogen and oxygen atoms in total. The summed E-state index contributed by atoms with van der Waals surface area (Å²) >= 11 is 1.46. The first-order valence-corrected chi connectivity index (χ1v) is 16.4. The van der Waals surface area contributed by atoms with Crippen molar-refractivity contribution >= 4 is 23.1 Å². The largest absolute Gasteiger partial charge is 0.496 e. The molecular weight excluding hydrogens is 587 g/mol. The first kappa shape index (κ1) is 28.3. The summed E-state index contributed by atoms with van der Waals surface area (Å²) in [6, 6.07) is 37.5. The van der Waals surface area contributed by atoms with Crippen LogP contribution in [0.15, 0.2) is 125 Å². The van der Waals surface area contributed by atoms with Crippen LogP contribution < -0.4 is 19.6 Å². The van der Waals surface area contributed by atoms with Crippen LogP contribution in [0.25, 0.3) is 28.6 Å². The quantitative estimate of drug-likeness (QED) is 0.202. The number of hydrogen-bond acceptors (Lipinski definition) is 4. The van der Waals surface area contributed by atoms with Crippen LogP contribution in [0.4, 0.5) is 0 Å². The van der Waals surface area contributed by atoms with Crippen molar-refractivity contribution in [3.63, 3.8) is 0 Å². The van der Waals surface area contributed by atoms with Crippen LogP contribution in [-0.2, 0) is 6.42 Å². The lowest BCUT2D eigenvalue weighted by Gasteiger charge is -2.31. The molecular formula is C40H33N3O2S. The standard InChI is InChI=1S/C40H33N3O2S/c1-25-23-30(26(2)42(25)31-20-17-28(18-21-31)27-11-5-4-6-12-27)24-36-39(44)43-38(33-15-9-10-16-35(33)45-3)34-22-19-29-13-7-8-14-32(29)37(34)41-40(43)46-36/h4-18,20-21,23-24,38H,19,22H2,1-3H3/b36-24-/t38-/m0/s1. The second kappa shape index (κ2) is 11.3. The van der Waals surface area contributed by atoms with Crippen molar-refractivity contribution in [2.75, 3.05) is 7.11 Å². The van der Waals surface area contributed by atoms with Crippen molar-refractivity contribution in [2.24, 2.45) is 4.99 Å². The van der Waals surface area contributed by atoms with Crippen molar-refractivity contribution < 1.29 is 4.74 Å². The Morgan fingerprint density at radius 2 is 1.57 bits per heavy atom. The van der Waals surface area contributed by atoms with E-state index in [1.165, 1.54) is 33.6 Å². The lowest BCUT2D eigenvalue weighted by molar-refractivity contribution is 0.402. The van der Waals surface area contributed by atoms with Crippen LogP contribution in [0.3, 0.4) is 0 Å². The monoisotopic (exact) mass is 619 g/mol. The highest BCUT2D eigenvalue weighted by Gasteiger charge is 2.34. The third kappa shape index (κ3) is 4.60. The fourth-order valence-electron chi connectivity index (χ4n) is 7.10. The molecule has 0 radical (unpaired) electrons. The number of nitrogens with zero attached hydrogens (tertiary/aromatic N) is 3. The second-order valence-electron chi connectivity index (χ2n) is 11.9. The molecule has 0 spiro atoms. The Bertz CT molecular complexity index is 2340. The van der Waals surface area contributed by atoms with Crippen LogP contribution in [0.2, 0.25) is 0 Å². The average Bonchev–Trinajstić information content (AvgIpc) is 3.56. The van der Waals surface area contributed by atoms with E-state index in [4.69, 9.17) is 9.73 Å². The molecule has 0 N–H and O–H groups in total. The van der Waals surface area contributed by atoms with Crippen LogP contribution in [0.5, 0.6) is 5.75 Å². The number of ether oxygens (including phenoxy) is 1. The maximum atomic E-state index is 14.4. The predicted octanol–water partition coefficient (Wildman–Crippen LogP) is 7.40. The summed E-state index contributed by atoms with van der Waals surface area (Å²) in [7, 11) is 1.69. The summed E-state index contributed by atoms with van der Waals surface area (Å²) in [5.41, 5.74) is 12.3. The number of allylic oxidation sites excluding steroid dienone is 1. The van der Waals surface area contributed by atoms with Gasteiger partial charge in [-0.1, -0.05) is 96.3 Å². The van der Waals surface area contributed by atoms with E-state index in [9.17, 15) is 4.79 Å². The van der Waals surface area contributed by atoms with E-state index in [0.717, 1.165) is 58.1 Å². The molecule has 8 rings (SSSR count). The molecule has 6 aromatic rings. The number of hydrogen-bond donors (Lipinski definition) is 0. The Balaban J connectivity index is 1.26. The van der Waals surface area contributed by atoms with E-state index in [1.54, 1.807) is 7.11 Å². The van der Waals surface area contributed by atoms with Crippen LogP contribution in [0.1, 0.15) is 46.1 Å². The molecule has 6 heteroatoms. The molecule has 1 atom stereocenters. The number of benzene rings is 4. The van der Waals surface area contributed by atoms with Gasteiger partial charge in [0.05, 0.1) is 23.4 Å². The molecule has 3 heterocycles. The molecule has 2 aromatic heterocycles. The molecule has 46 heavy (non-hydrogen) atoms. The molecule has 0 saturated carbocycles. The fraction of sp³-hybridized carbons (Fsp3) is 0.150. The molecule has 0 bridgehead atoms. The van der Waals surface area contributed by atoms with Gasteiger partial charge in [0.15, 0.2) is 4.80 Å². The fourth-order valence-corrected chi connectivity index (χ4v) is 8.09. The highest BCUT2D eigenvalue weighted by atomic mass is 32.1. The smallest absolute Gasteiger partial charge is 0.271 e. The maximum absolute atomic E-state index is 14.4. The summed E-state index contributed by atoms with van der Waals surface area (Å²) in [5.74, 6) is 0.775. The van der Waals surface area contributed by atoms with Crippen molar-refractivity contribution in [2.45, 2.75) is 32.7 Å². The van der Waals surface area contributed by atoms with Gasteiger partial charge in [-0.2, -0.15) is 0 Å². The Morgan fingerprint density at radius 3 is 2.37 bits per heavy atom. The highest BCUT2D eigenvalue weighted by molar-refractivity contribution is 7.07. The first-order valence-electron chi connectivity index (χ1n) is 15.6. The van der Waals surface area contributed by atoms with Gasteiger partial charge in [0.25, 0.3) is 5.56 Å². The first-order chi connectivity index (χ1) is 22.5. The van der Waals surface area contributed by atoms with Gasteiger partial charge < -0.3 is 9.30 Å². The van der Waals surface area contributed by atoms with Crippen LogP contribution in [0, 0.1) is 13.8 Å². The second-order valence-corrected chi connectivity index (χ2v) is 12.9. The van der Waals surface area contributed by atoms with Gasteiger partial charge in [0.2, 0.25) is 0 Å². The van der Waals surface area contributed by atoms with E-state index in [2.05, 4.69) is 103 Å². The Kier molecular flexibility index (Phi) is 6.95. The molecule has 2 aliphatic rings. The summed E-state index contributed by atoms with van der Waals surface area (Å²) < 4.78 is 10.7. The van der Waals surface area contributed by atoms with Gasteiger partial charge in [-0.3, -0.25) is 9.36 Å². The van der Waals surface area contributed by atoms with Gasteiger partial charge >= 0.3 is 0 Å². The number of rotatable bonds is 5. The van der Waals surface area contributed by atoms with E-state index >= 15 is 0 Å². The highest BCUT2D eigenvalue weighted by Crippen LogP contribution is 2.43. The number of aromatic nitrogens is 2. The van der Waals surface area contributed by atoms with Crippen molar-refractivity contribution in [3.8, 4) is 22.6 Å². The van der Waals surface area contributed by atoms with Crippen LogP contribution in [-0.4, -0.2) is 16.2 Å². The molecule has 226 valence electrons. The predicted molar refractivity (Wildman–Crippen MR) is 186 cm³/mol. The van der Waals surface area contributed by atoms with Crippen LogP contribution >= 0.6 is 11.3 Å². The molecule has 4 aromatic carbocycles. The number of aryl methyl sites for hydroxylation is 2. The van der Waals surface area contributed by atoms with Gasteiger partial charge in [-0.05, 0) is 84.9 Å². The number of para-hydroxylation sites is 1.